The molecule has 1 aliphatic rings. The summed E-state index contributed by atoms with van der Waals surface area (Å²) >= 11 is 0. The van der Waals surface area contributed by atoms with Crippen molar-refractivity contribution in [2.24, 2.45) is 0 Å². The van der Waals surface area contributed by atoms with E-state index in [-0.39, 0.29) is 12.4 Å². The fourth-order valence-corrected chi connectivity index (χ4v) is 3.45. The predicted octanol–water partition coefficient (Wildman–Crippen LogP) is 0.277. The molecule has 0 saturated carbocycles. The van der Waals surface area contributed by atoms with E-state index in [0.717, 1.165) is 10.6 Å². The molecule has 1 saturated heterocycles. The van der Waals surface area contributed by atoms with Crippen LogP contribution in [0.25, 0.3) is 0 Å². The molecule has 1 amide bonds. The lowest BCUT2D eigenvalue weighted by Crippen LogP contribution is -2.43. The molecule has 1 aliphatic heterocycles. The highest BCUT2D eigenvalue weighted by atomic mass is 32.2. The molecule has 1 aromatic heterocycles. The summed E-state index contributed by atoms with van der Waals surface area (Å²) in [5.74, 6) is -0.559. The number of esters is 1. The van der Waals surface area contributed by atoms with Gasteiger partial charge in [0.25, 0.3) is 5.91 Å². The number of hydrogen-bond acceptors (Lipinski definition) is 7. The third-order valence-electron chi connectivity index (χ3n) is 3.44. The maximum Gasteiger partial charge on any atom is 0.325 e. The lowest BCUT2D eigenvalue weighted by Gasteiger charge is -2.22. The molecule has 9 nitrogen and oxygen atoms in total. The van der Waals surface area contributed by atoms with Crippen molar-refractivity contribution in [3.05, 3.63) is 11.8 Å². The molecule has 1 aromatic rings. The van der Waals surface area contributed by atoms with Gasteiger partial charge in [-0.2, -0.15) is 4.31 Å². The number of anilines is 1. The van der Waals surface area contributed by atoms with Crippen molar-refractivity contribution in [3.63, 3.8) is 0 Å². The standard InChI is InChI=1S/C13H19N3O6S/c1-8-7-11(15-22-8)14-12(17)9(2)21-13(18)10-5-4-6-16(10)23(3,19)20/h7,9-10H,4-6H2,1-3H3,(H,14,15,17)/t9-,10-/m1/s1. The van der Waals surface area contributed by atoms with Crippen molar-refractivity contribution >= 4 is 27.7 Å². The van der Waals surface area contributed by atoms with Crippen molar-refractivity contribution in [2.75, 3.05) is 18.1 Å². The second-order valence-corrected chi connectivity index (χ2v) is 7.36. The van der Waals surface area contributed by atoms with Crippen molar-refractivity contribution in [1.82, 2.24) is 9.46 Å². The Bertz CT molecular complexity index is 698. The van der Waals surface area contributed by atoms with E-state index in [2.05, 4.69) is 10.5 Å². The van der Waals surface area contributed by atoms with Crippen LogP contribution in [0.4, 0.5) is 5.82 Å². The second-order valence-electron chi connectivity index (χ2n) is 5.42. The van der Waals surface area contributed by atoms with E-state index in [9.17, 15) is 18.0 Å². The number of rotatable bonds is 5. The molecule has 10 heteroatoms. The van der Waals surface area contributed by atoms with Crippen molar-refractivity contribution in [2.45, 2.75) is 38.8 Å². The van der Waals surface area contributed by atoms with Crippen LogP contribution in [0, 0.1) is 6.92 Å². The van der Waals surface area contributed by atoms with E-state index in [1.807, 2.05) is 0 Å². The summed E-state index contributed by atoms with van der Waals surface area (Å²) in [6.45, 7) is 3.35. The molecule has 1 fully saturated rings. The Hall–Kier alpha value is -1.94. The second kappa shape index (κ2) is 6.67. The van der Waals surface area contributed by atoms with Gasteiger partial charge in [0, 0.05) is 12.6 Å². The number of ether oxygens (including phenoxy) is 1. The monoisotopic (exact) mass is 345 g/mol. The van der Waals surface area contributed by atoms with Gasteiger partial charge in [0.15, 0.2) is 11.9 Å². The van der Waals surface area contributed by atoms with Gasteiger partial charge in [0.05, 0.1) is 6.26 Å². The minimum absolute atomic E-state index is 0.217. The third kappa shape index (κ3) is 4.29. The quantitative estimate of drug-likeness (QED) is 0.761. The summed E-state index contributed by atoms with van der Waals surface area (Å²) in [6.07, 6.45) is 0.914. The summed E-state index contributed by atoms with van der Waals surface area (Å²) in [6, 6.07) is 0.643. The van der Waals surface area contributed by atoms with Gasteiger partial charge in [-0.25, -0.2) is 8.42 Å². The molecule has 23 heavy (non-hydrogen) atoms. The number of carbonyl (C=O) groups is 2. The molecule has 0 spiro atoms. The first-order chi connectivity index (χ1) is 10.7. The molecule has 0 unspecified atom stereocenters. The zero-order valence-corrected chi connectivity index (χ0v) is 13.9. The normalized spacial score (nSPS) is 20.2. The molecular weight excluding hydrogens is 326 g/mol. The van der Waals surface area contributed by atoms with E-state index in [0.29, 0.717) is 18.6 Å². The highest BCUT2D eigenvalue weighted by Gasteiger charge is 2.38. The number of carbonyl (C=O) groups excluding carboxylic acids is 2. The average molecular weight is 345 g/mol. The van der Waals surface area contributed by atoms with E-state index in [1.165, 1.54) is 13.0 Å². The summed E-state index contributed by atoms with van der Waals surface area (Å²) in [7, 11) is -3.49. The molecule has 0 bridgehead atoms. The summed E-state index contributed by atoms with van der Waals surface area (Å²) in [5.41, 5.74) is 0. The van der Waals surface area contributed by atoms with E-state index >= 15 is 0 Å². The molecule has 2 heterocycles. The molecular formula is C13H19N3O6S. The number of nitrogens with zero attached hydrogens (tertiary/aromatic N) is 2. The molecule has 2 atom stereocenters. The van der Waals surface area contributed by atoms with Crippen LogP contribution in [0.15, 0.2) is 10.6 Å². The van der Waals surface area contributed by atoms with Crippen molar-refractivity contribution in [1.29, 1.82) is 0 Å². The maximum atomic E-state index is 12.1. The molecule has 1 N–H and O–H groups in total. The maximum absolute atomic E-state index is 12.1. The Kier molecular flexibility index (Phi) is 5.05. The van der Waals surface area contributed by atoms with Crippen LogP contribution in [0.5, 0.6) is 0 Å². The Labute approximate surface area is 134 Å². The van der Waals surface area contributed by atoms with Gasteiger partial charge in [0.1, 0.15) is 11.8 Å². The average Bonchev–Trinajstić information content (AvgIpc) is 3.06. The zero-order valence-electron chi connectivity index (χ0n) is 13.1. The molecule has 128 valence electrons. The fourth-order valence-electron chi connectivity index (χ4n) is 2.33. The largest absolute Gasteiger partial charge is 0.451 e. The lowest BCUT2D eigenvalue weighted by atomic mass is 10.2. The first-order valence-electron chi connectivity index (χ1n) is 7.10. The highest BCUT2D eigenvalue weighted by molar-refractivity contribution is 7.88. The summed E-state index contributed by atoms with van der Waals surface area (Å²) < 4.78 is 34.3. The van der Waals surface area contributed by atoms with E-state index in [4.69, 9.17) is 9.26 Å². The zero-order chi connectivity index (χ0) is 17.2. The summed E-state index contributed by atoms with van der Waals surface area (Å²) in [5, 5.41) is 6.05. The molecule has 0 aliphatic carbocycles. The Morgan fingerprint density at radius 3 is 2.78 bits per heavy atom. The van der Waals surface area contributed by atoms with Gasteiger partial charge in [0.2, 0.25) is 10.0 Å². The first kappa shape index (κ1) is 17.4. The van der Waals surface area contributed by atoms with Crippen molar-refractivity contribution < 1.29 is 27.3 Å². The number of amides is 1. The molecule has 0 radical (unpaired) electrons. The number of hydrogen-bond donors (Lipinski definition) is 1. The van der Waals surface area contributed by atoms with Crippen LogP contribution >= 0.6 is 0 Å². The van der Waals surface area contributed by atoms with Crippen LogP contribution in [-0.4, -0.2) is 54.7 Å². The Balaban J connectivity index is 1.95. The van der Waals surface area contributed by atoms with E-state index < -0.39 is 34.0 Å². The van der Waals surface area contributed by atoms with Gasteiger partial charge in [-0.15, -0.1) is 0 Å². The van der Waals surface area contributed by atoms with Crippen LogP contribution in [0.1, 0.15) is 25.5 Å². The Morgan fingerprint density at radius 2 is 2.22 bits per heavy atom. The first-order valence-corrected chi connectivity index (χ1v) is 8.95. The van der Waals surface area contributed by atoms with Gasteiger partial charge in [-0.3, -0.25) is 9.59 Å². The predicted molar refractivity (Wildman–Crippen MR) is 80.0 cm³/mol. The molecule has 2 rings (SSSR count). The molecule has 0 aromatic carbocycles. The fraction of sp³-hybridized carbons (Fsp3) is 0.615. The van der Waals surface area contributed by atoms with Crippen molar-refractivity contribution in [3.8, 4) is 0 Å². The van der Waals surface area contributed by atoms with Crippen LogP contribution < -0.4 is 5.32 Å². The summed E-state index contributed by atoms with van der Waals surface area (Å²) in [4.78, 5) is 24.1. The van der Waals surface area contributed by atoms with Gasteiger partial charge in [-0.1, -0.05) is 5.16 Å². The number of sulfonamides is 1. The number of nitrogens with one attached hydrogen (secondary N) is 1. The highest BCUT2D eigenvalue weighted by Crippen LogP contribution is 2.22. The third-order valence-corrected chi connectivity index (χ3v) is 4.73. The van der Waals surface area contributed by atoms with Crippen LogP contribution in [0.2, 0.25) is 0 Å². The van der Waals surface area contributed by atoms with E-state index in [1.54, 1.807) is 6.92 Å². The van der Waals surface area contributed by atoms with Gasteiger partial charge < -0.3 is 14.6 Å². The smallest absolute Gasteiger partial charge is 0.325 e. The topological polar surface area (TPSA) is 119 Å². The van der Waals surface area contributed by atoms with Crippen LogP contribution in [0.3, 0.4) is 0 Å². The lowest BCUT2D eigenvalue weighted by molar-refractivity contribution is -0.156. The number of aryl methyl sites for hydroxylation is 1. The Morgan fingerprint density at radius 1 is 1.52 bits per heavy atom. The van der Waals surface area contributed by atoms with Gasteiger partial charge >= 0.3 is 5.97 Å². The van der Waals surface area contributed by atoms with Gasteiger partial charge in [-0.05, 0) is 26.7 Å². The minimum atomic E-state index is -3.49. The minimum Gasteiger partial charge on any atom is -0.451 e. The van der Waals surface area contributed by atoms with Crippen LogP contribution in [-0.2, 0) is 24.3 Å². The SMILES string of the molecule is Cc1cc(NC(=O)[C@@H](C)OC(=O)[C@H]2CCCN2S(C)(=O)=O)no1. The number of aromatic nitrogens is 1.